The first-order valence-corrected chi connectivity index (χ1v) is 12.2. The van der Waals surface area contributed by atoms with E-state index in [1.807, 2.05) is 13.8 Å². The molecule has 158 valence electrons. The highest BCUT2D eigenvalue weighted by Gasteiger charge is 2.48. The fraction of sp³-hybridized carbons (Fsp3) is 0.731. The fourth-order valence-corrected chi connectivity index (χ4v) is 7.04. The van der Waals surface area contributed by atoms with Crippen LogP contribution >= 0.6 is 0 Å². The minimum Gasteiger partial charge on any atom is -0.350 e. The van der Waals surface area contributed by atoms with Crippen LogP contribution in [0.5, 0.6) is 0 Å². The molecule has 0 aromatic heterocycles. The second-order valence-corrected chi connectivity index (χ2v) is 10.6. The number of amides is 1. The van der Waals surface area contributed by atoms with Gasteiger partial charge in [0.1, 0.15) is 0 Å². The predicted molar refractivity (Wildman–Crippen MR) is 118 cm³/mol. The van der Waals surface area contributed by atoms with Crippen LogP contribution < -0.4 is 5.32 Å². The van der Waals surface area contributed by atoms with E-state index in [2.05, 4.69) is 28.4 Å². The molecular weight excluding hydrogens is 356 g/mol. The number of carbonyl (C=O) groups is 1. The number of hydrogen-bond donors (Lipinski definition) is 1. The van der Waals surface area contributed by atoms with Crippen molar-refractivity contribution in [3.05, 3.63) is 34.9 Å². The van der Waals surface area contributed by atoms with Crippen molar-refractivity contribution < 1.29 is 4.79 Å². The molecule has 1 aliphatic heterocycles. The molecule has 0 aromatic rings. The van der Waals surface area contributed by atoms with Crippen molar-refractivity contribution in [3.8, 4) is 0 Å². The Morgan fingerprint density at radius 3 is 2.76 bits per heavy atom. The molecular formula is C26H38N2O. The number of piperidine rings is 1. The second-order valence-electron chi connectivity index (χ2n) is 10.6. The van der Waals surface area contributed by atoms with E-state index in [9.17, 15) is 4.79 Å². The van der Waals surface area contributed by atoms with E-state index in [4.69, 9.17) is 0 Å². The van der Waals surface area contributed by atoms with Gasteiger partial charge in [-0.3, -0.25) is 4.79 Å². The number of carbonyl (C=O) groups excluding carboxylic acids is 1. The molecule has 4 aliphatic carbocycles. The largest absolute Gasteiger partial charge is 0.350 e. The molecule has 0 bridgehead atoms. The van der Waals surface area contributed by atoms with Gasteiger partial charge >= 0.3 is 0 Å². The van der Waals surface area contributed by atoms with Crippen molar-refractivity contribution in [3.63, 3.8) is 0 Å². The molecule has 3 fully saturated rings. The topological polar surface area (TPSA) is 32.3 Å². The maximum atomic E-state index is 12.8. The fourth-order valence-electron chi connectivity index (χ4n) is 7.04. The molecule has 3 unspecified atom stereocenters. The lowest BCUT2D eigenvalue weighted by molar-refractivity contribution is -0.117. The van der Waals surface area contributed by atoms with Crippen LogP contribution in [-0.2, 0) is 4.79 Å². The Balaban J connectivity index is 1.31. The van der Waals surface area contributed by atoms with Gasteiger partial charge in [0.25, 0.3) is 5.91 Å². The summed E-state index contributed by atoms with van der Waals surface area (Å²) in [4.78, 5) is 15.7. The Kier molecular flexibility index (Phi) is 5.22. The van der Waals surface area contributed by atoms with Gasteiger partial charge in [-0.05, 0) is 94.9 Å². The van der Waals surface area contributed by atoms with Crippen LogP contribution in [0.1, 0.15) is 78.1 Å². The zero-order valence-electron chi connectivity index (χ0n) is 18.4. The predicted octanol–water partition coefficient (Wildman–Crippen LogP) is 5.15. The van der Waals surface area contributed by atoms with E-state index in [-0.39, 0.29) is 17.4 Å². The molecule has 3 atom stereocenters. The summed E-state index contributed by atoms with van der Waals surface area (Å²) in [6, 6.07) is 1.07. The number of nitrogens with one attached hydrogen (secondary N) is 1. The Bertz CT molecular complexity index is 751. The first-order chi connectivity index (χ1) is 14.1. The van der Waals surface area contributed by atoms with Crippen LogP contribution in [0, 0.1) is 17.3 Å². The van der Waals surface area contributed by atoms with Crippen LogP contribution in [0.2, 0.25) is 0 Å². The SMILES string of the molecule is CC(C)NC(=O)C1=CCC2(CCN(C3CC4CCCCC43)CC2)C2=C1CCC=C2. The van der Waals surface area contributed by atoms with Gasteiger partial charge in [-0.25, -0.2) is 0 Å². The highest BCUT2D eigenvalue weighted by Crippen LogP contribution is 2.53. The zero-order chi connectivity index (χ0) is 20.0. The number of rotatable bonds is 3. The summed E-state index contributed by atoms with van der Waals surface area (Å²) in [7, 11) is 0. The van der Waals surface area contributed by atoms with E-state index in [0.717, 1.165) is 42.7 Å². The molecule has 1 spiro atoms. The summed E-state index contributed by atoms with van der Waals surface area (Å²) in [5.41, 5.74) is 4.10. The molecule has 1 amide bonds. The van der Waals surface area contributed by atoms with E-state index in [0.29, 0.717) is 0 Å². The molecule has 0 aromatic carbocycles. The lowest BCUT2D eigenvalue weighted by atomic mass is 9.60. The van der Waals surface area contributed by atoms with E-state index in [1.165, 1.54) is 69.2 Å². The molecule has 29 heavy (non-hydrogen) atoms. The lowest BCUT2D eigenvalue weighted by Gasteiger charge is -2.56. The second kappa shape index (κ2) is 7.72. The standard InChI is InChI=1S/C26H38N2O/c1-18(2)27-25(29)22-11-12-26(23-10-6-5-9-21(22)23)13-15-28(16-14-26)24-17-19-7-3-4-8-20(19)24/h6,10-11,18-20,24H,3-5,7-9,12-17H2,1-2H3,(H,27,29). The van der Waals surface area contributed by atoms with Gasteiger partial charge in [0, 0.05) is 23.1 Å². The van der Waals surface area contributed by atoms with Gasteiger partial charge in [-0.15, -0.1) is 0 Å². The van der Waals surface area contributed by atoms with Gasteiger partial charge in [0.05, 0.1) is 0 Å². The minimum absolute atomic E-state index is 0.132. The average Bonchev–Trinajstić information content (AvgIpc) is 2.70. The van der Waals surface area contributed by atoms with Crippen molar-refractivity contribution >= 4 is 5.91 Å². The average molecular weight is 395 g/mol. The lowest BCUT2D eigenvalue weighted by Crippen LogP contribution is -2.57. The van der Waals surface area contributed by atoms with E-state index < -0.39 is 0 Å². The maximum absolute atomic E-state index is 12.8. The van der Waals surface area contributed by atoms with Gasteiger partial charge in [0.15, 0.2) is 0 Å². The van der Waals surface area contributed by atoms with Gasteiger partial charge < -0.3 is 10.2 Å². The van der Waals surface area contributed by atoms with Crippen LogP contribution in [0.15, 0.2) is 34.9 Å². The number of likely N-dealkylation sites (tertiary alicyclic amines) is 1. The Labute approximate surface area is 176 Å². The van der Waals surface area contributed by atoms with Crippen molar-refractivity contribution in [1.82, 2.24) is 10.2 Å². The monoisotopic (exact) mass is 394 g/mol. The quantitative estimate of drug-likeness (QED) is 0.718. The summed E-state index contributed by atoms with van der Waals surface area (Å²) >= 11 is 0. The van der Waals surface area contributed by atoms with Crippen molar-refractivity contribution in [2.45, 2.75) is 90.1 Å². The van der Waals surface area contributed by atoms with Gasteiger partial charge in [0.2, 0.25) is 0 Å². The van der Waals surface area contributed by atoms with Crippen LogP contribution in [-0.4, -0.2) is 36.0 Å². The molecule has 1 saturated heterocycles. The summed E-state index contributed by atoms with van der Waals surface area (Å²) < 4.78 is 0. The molecule has 2 saturated carbocycles. The highest BCUT2D eigenvalue weighted by molar-refractivity contribution is 5.98. The molecule has 3 nitrogen and oxygen atoms in total. The molecule has 0 radical (unpaired) electrons. The Morgan fingerprint density at radius 2 is 2.00 bits per heavy atom. The maximum Gasteiger partial charge on any atom is 0.251 e. The summed E-state index contributed by atoms with van der Waals surface area (Å²) in [6.07, 6.45) is 20.0. The molecule has 3 heteroatoms. The molecule has 1 heterocycles. The third-order valence-electron chi connectivity index (χ3n) is 8.66. The molecule has 5 aliphatic rings. The third kappa shape index (κ3) is 3.44. The normalized spacial score (nSPS) is 33.8. The van der Waals surface area contributed by atoms with Crippen LogP contribution in [0.3, 0.4) is 0 Å². The summed E-state index contributed by atoms with van der Waals surface area (Å²) in [6.45, 7) is 6.59. The van der Waals surface area contributed by atoms with Gasteiger partial charge in [-0.1, -0.05) is 37.5 Å². The smallest absolute Gasteiger partial charge is 0.251 e. The molecule has 1 N–H and O–H groups in total. The number of allylic oxidation sites excluding steroid dienone is 4. The van der Waals surface area contributed by atoms with E-state index >= 15 is 0 Å². The first-order valence-electron chi connectivity index (χ1n) is 12.2. The van der Waals surface area contributed by atoms with Crippen LogP contribution in [0.4, 0.5) is 0 Å². The zero-order valence-corrected chi connectivity index (χ0v) is 18.4. The first kappa shape index (κ1) is 19.6. The number of fused-ring (bicyclic) bond motifs is 2. The van der Waals surface area contributed by atoms with Crippen LogP contribution in [0.25, 0.3) is 0 Å². The van der Waals surface area contributed by atoms with E-state index in [1.54, 1.807) is 0 Å². The Hall–Kier alpha value is -1.35. The van der Waals surface area contributed by atoms with Crippen molar-refractivity contribution in [2.75, 3.05) is 13.1 Å². The summed E-state index contributed by atoms with van der Waals surface area (Å²) in [5.74, 6) is 2.17. The number of nitrogens with zero attached hydrogens (tertiary/aromatic N) is 1. The summed E-state index contributed by atoms with van der Waals surface area (Å²) in [5, 5.41) is 3.13. The Morgan fingerprint density at radius 1 is 1.21 bits per heavy atom. The van der Waals surface area contributed by atoms with Crippen molar-refractivity contribution in [1.29, 1.82) is 0 Å². The highest BCUT2D eigenvalue weighted by atomic mass is 16.1. The van der Waals surface area contributed by atoms with Gasteiger partial charge in [-0.2, -0.15) is 0 Å². The minimum atomic E-state index is 0.132. The number of hydrogen-bond acceptors (Lipinski definition) is 2. The molecule has 5 rings (SSSR count). The third-order valence-corrected chi connectivity index (χ3v) is 8.66. The van der Waals surface area contributed by atoms with Crippen molar-refractivity contribution in [2.24, 2.45) is 17.3 Å².